The van der Waals surface area contributed by atoms with E-state index in [9.17, 15) is 9.59 Å². The van der Waals surface area contributed by atoms with E-state index in [0.717, 1.165) is 30.7 Å². The van der Waals surface area contributed by atoms with E-state index >= 15 is 0 Å². The summed E-state index contributed by atoms with van der Waals surface area (Å²) in [6.07, 6.45) is 2.45. The van der Waals surface area contributed by atoms with Crippen molar-refractivity contribution in [3.8, 4) is 0 Å². The fraction of sp³-hybridized carbons (Fsp3) is 0.333. The molecule has 0 saturated carbocycles. The molecule has 0 spiro atoms. The molecule has 2 aromatic rings. The molecular weight excluding hydrogens is 342 g/mol. The number of likely N-dealkylation sites (N-methyl/N-ethyl adjacent to an activating group) is 1. The molecule has 6 nitrogen and oxygen atoms in total. The van der Waals surface area contributed by atoms with E-state index in [1.807, 2.05) is 42.5 Å². The van der Waals surface area contributed by atoms with E-state index in [1.54, 1.807) is 24.1 Å². The number of rotatable bonds is 6. The smallest absolute Gasteiger partial charge is 0.319 e. The molecule has 6 heteroatoms. The topological polar surface area (TPSA) is 70.7 Å². The zero-order chi connectivity index (χ0) is 19.1. The van der Waals surface area contributed by atoms with Crippen LogP contribution in [0, 0.1) is 0 Å². The number of para-hydroxylation sites is 1. The van der Waals surface area contributed by atoms with Crippen LogP contribution in [-0.4, -0.2) is 38.2 Å². The van der Waals surface area contributed by atoms with Crippen molar-refractivity contribution in [2.45, 2.75) is 25.4 Å². The van der Waals surface area contributed by atoms with Gasteiger partial charge in [-0.25, -0.2) is 4.79 Å². The lowest BCUT2D eigenvalue weighted by Gasteiger charge is -2.17. The van der Waals surface area contributed by atoms with Crippen LogP contribution in [0.4, 0.5) is 16.2 Å². The van der Waals surface area contributed by atoms with E-state index in [-0.39, 0.29) is 18.0 Å². The van der Waals surface area contributed by atoms with Crippen LogP contribution >= 0.6 is 0 Å². The third kappa shape index (κ3) is 5.56. The molecule has 1 heterocycles. The van der Waals surface area contributed by atoms with Crippen LogP contribution in [0.15, 0.2) is 54.6 Å². The standard InChI is InChI=1S/C21H25N3O3/c1-24(18-6-3-2-4-7-18)20(25)14-16-9-11-17(12-10-16)23-21(26)22-15-19-8-5-13-27-19/h2-4,6-7,9-12,19H,5,8,13-15H2,1H3,(H2,22,23,26). The second-order valence-corrected chi connectivity index (χ2v) is 6.63. The molecule has 1 unspecified atom stereocenters. The van der Waals surface area contributed by atoms with Crippen LogP contribution in [0.3, 0.4) is 0 Å². The molecule has 0 radical (unpaired) electrons. The number of hydrogen-bond donors (Lipinski definition) is 2. The van der Waals surface area contributed by atoms with Crippen LogP contribution in [0.25, 0.3) is 0 Å². The normalized spacial score (nSPS) is 16.0. The SMILES string of the molecule is CN(C(=O)Cc1ccc(NC(=O)NCC2CCCO2)cc1)c1ccccc1. The minimum atomic E-state index is -0.252. The van der Waals surface area contributed by atoms with Gasteiger partial charge in [-0.15, -0.1) is 0 Å². The van der Waals surface area contributed by atoms with Crippen LogP contribution in [0.1, 0.15) is 18.4 Å². The third-order valence-electron chi connectivity index (χ3n) is 4.60. The first-order chi connectivity index (χ1) is 13.1. The summed E-state index contributed by atoms with van der Waals surface area (Å²) < 4.78 is 5.48. The zero-order valence-electron chi connectivity index (χ0n) is 15.5. The Hall–Kier alpha value is -2.86. The highest BCUT2D eigenvalue weighted by Crippen LogP contribution is 2.15. The lowest BCUT2D eigenvalue weighted by atomic mass is 10.1. The molecule has 27 heavy (non-hydrogen) atoms. The Morgan fingerprint density at radius 1 is 1.11 bits per heavy atom. The number of ether oxygens (including phenoxy) is 1. The number of benzene rings is 2. The number of anilines is 2. The number of urea groups is 1. The van der Waals surface area contributed by atoms with Gasteiger partial charge in [-0.3, -0.25) is 4.79 Å². The molecule has 2 N–H and O–H groups in total. The van der Waals surface area contributed by atoms with Gasteiger partial charge in [-0.05, 0) is 42.7 Å². The fourth-order valence-corrected chi connectivity index (χ4v) is 2.98. The average Bonchev–Trinajstić information content (AvgIpc) is 3.21. The monoisotopic (exact) mass is 367 g/mol. The van der Waals surface area contributed by atoms with Gasteiger partial charge in [-0.1, -0.05) is 30.3 Å². The third-order valence-corrected chi connectivity index (χ3v) is 4.60. The number of nitrogens with one attached hydrogen (secondary N) is 2. The first-order valence-electron chi connectivity index (χ1n) is 9.19. The first-order valence-corrected chi connectivity index (χ1v) is 9.19. The van der Waals surface area contributed by atoms with Crippen LogP contribution in [0.5, 0.6) is 0 Å². The second-order valence-electron chi connectivity index (χ2n) is 6.63. The Morgan fingerprint density at radius 2 is 1.85 bits per heavy atom. The summed E-state index contributed by atoms with van der Waals surface area (Å²) in [7, 11) is 1.77. The highest BCUT2D eigenvalue weighted by Gasteiger charge is 2.16. The molecule has 0 aliphatic carbocycles. The van der Waals surface area contributed by atoms with Crippen molar-refractivity contribution in [3.05, 3.63) is 60.2 Å². The fourth-order valence-electron chi connectivity index (χ4n) is 2.98. The van der Waals surface area contributed by atoms with Crippen molar-refractivity contribution in [2.24, 2.45) is 0 Å². The van der Waals surface area contributed by atoms with Gasteiger partial charge in [-0.2, -0.15) is 0 Å². The van der Waals surface area contributed by atoms with Crippen molar-refractivity contribution in [2.75, 3.05) is 30.4 Å². The summed E-state index contributed by atoms with van der Waals surface area (Å²) in [5.41, 5.74) is 2.45. The summed E-state index contributed by atoms with van der Waals surface area (Å²) in [4.78, 5) is 26.0. The predicted octanol–water partition coefficient (Wildman–Crippen LogP) is 3.19. The van der Waals surface area contributed by atoms with E-state index in [2.05, 4.69) is 10.6 Å². The molecule has 1 aliphatic heterocycles. The molecule has 1 aliphatic rings. The van der Waals surface area contributed by atoms with E-state index in [4.69, 9.17) is 4.74 Å². The molecule has 0 aromatic heterocycles. The Balaban J connectivity index is 1.48. The van der Waals surface area contributed by atoms with Gasteiger partial charge in [0.1, 0.15) is 0 Å². The minimum Gasteiger partial charge on any atom is -0.376 e. The molecular formula is C21H25N3O3. The zero-order valence-corrected chi connectivity index (χ0v) is 15.5. The maximum Gasteiger partial charge on any atom is 0.319 e. The number of carbonyl (C=O) groups excluding carboxylic acids is 2. The molecule has 0 bridgehead atoms. The molecule has 1 fully saturated rings. The summed E-state index contributed by atoms with van der Waals surface area (Å²) in [5, 5.41) is 5.61. The first kappa shape index (κ1) is 18.9. The Labute approximate surface area is 159 Å². The van der Waals surface area contributed by atoms with Gasteiger partial charge in [0, 0.05) is 31.6 Å². The molecule has 1 atom stereocenters. The van der Waals surface area contributed by atoms with Crippen LogP contribution in [0.2, 0.25) is 0 Å². The Kier molecular flexibility index (Phi) is 6.44. The largest absolute Gasteiger partial charge is 0.376 e. The summed E-state index contributed by atoms with van der Waals surface area (Å²) in [6.45, 7) is 1.29. The average molecular weight is 367 g/mol. The van der Waals surface area contributed by atoms with Gasteiger partial charge in [0.25, 0.3) is 0 Å². The number of carbonyl (C=O) groups is 2. The number of amides is 3. The summed E-state index contributed by atoms with van der Waals surface area (Å²) >= 11 is 0. The quantitative estimate of drug-likeness (QED) is 0.824. The maximum absolute atomic E-state index is 12.4. The Morgan fingerprint density at radius 3 is 2.52 bits per heavy atom. The molecule has 142 valence electrons. The van der Waals surface area contributed by atoms with E-state index in [0.29, 0.717) is 18.7 Å². The second kappa shape index (κ2) is 9.19. The highest BCUT2D eigenvalue weighted by molar-refractivity contribution is 5.94. The minimum absolute atomic E-state index is 0.0104. The van der Waals surface area contributed by atoms with Crippen molar-refractivity contribution in [1.29, 1.82) is 0 Å². The van der Waals surface area contributed by atoms with Crippen molar-refractivity contribution < 1.29 is 14.3 Å². The number of hydrogen-bond acceptors (Lipinski definition) is 3. The maximum atomic E-state index is 12.4. The summed E-state index contributed by atoms with van der Waals surface area (Å²) in [6, 6.07) is 16.6. The van der Waals surface area contributed by atoms with Gasteiger partial charge in [0.05, 0.1) is 12.5 Å². The van der Waals surface area contributed by atoms with E-state index < -0.39 is 0 Å². The lowest BCUT2D eigenvalue weighted by molar-refractivity contribution is -0.117. The van der Waals surface area contributed by atoms with Crippen molar-refractivity contribution >= 4 is 23.3 Å². The van der Waals surface area contributed by atoms with Crippen LogP contribution < -0.4 is 15.5 Å². The molecule has 3 rings (SSSR count). The lowest BCUT2D eigenvalue weighted by Crippen LogP contribution is -2.35. The molecule has 3 amide bonds. The van der Waals surface area contributed by atoms with Gasteiger partial charge >= 0.3 is 6.03 Å². The van der Waals surface area contributed by atoms with Gasteiger partial charge in [0.15, 0.2) is 0 Å². The van der Waals surface area contributed by atoms with Crippen molar-refractivity contribution in [3.63, 3.8) is 0 Å². The van der Waals surface area contributed by atoms with Gasteiger partial charge < -0.3 is 20.3 Å². The van der Waals surface area contributed by atoms with Crippen molar-refractivity contribution in [1.82, 2.24) is 5.32 Å². The Bertz CT molecular complexity index is 756. The predicted molar refractivity (Wildman–Crippen MR) is 106 cm³/mol. The molecule has 2 aromatic carbocycles. The summed E-state index contributed by atoms with van der Waals surface area (Å²) in [5.74, 6) is 0.0104. The van der Waals surface area contributed by atoms with Crippen LogP contribution in [-0.2, 0) is 16.0 Å². The van der Waals surface area contributed by atoms with Gasteiger partial charge in [0.2, 0.25) is 5.91 Å². The highest BCUT2D eigenvalue weighted by atomic mass is 16.5. The number of nitrogens with zero attached hydrogens (tertiary/aromatic N) is 1. The van der Waals surface area contributed by atoms with E-state index in [1.165, 1.54) is 0 Å². The molecule has 1 saturated heterocycles.